The first-order valence-electron chi connectivity index (χ1n) is 10.7. The van der Waals surface area contributed by atoms with E-state index >= 15 is 0 Å². The number of benzene rings is 2. The second-order valence-corrected chi connectivity index (χ2v) is 9.25. The standard InChI is InChI=1S/C25H21ClN6OS/c1-16-21(23(33)29-20-8-5-13-27-14-20)22(18-9-11-19(26)12-10-18)32-24(28-16)30-25(31-32)34-15-17-6-3-2-4-7-17/h2-14,21-22H,15H2,1H3,(H,29,33). The molecule has 4 aromatic rings. The van der Waals surface area contributed by atoms with Crippen LogP contribution in [0.1, 0.15) is 24.1 Å². The Morgan fingerprint density at radius 1 is 1.09 bits per heavy atom. The highest BCUT2D eigenvalue weighted by atomic mass is 35.5. The molecule has 2 aromatic carbocycles. The van der Waals surface area contributed by atoms with Gasteiger partial charge >= 0.3 is 0 Å². The zero-order chi connectivity index (χ0) is 23.5. The van der Waals surface area contributed by atoms with Gasteiger partial charge in [0.1, 0.15) is 5.92 Å². The highest BCUT2D eigenvalue weighted by Gasteiger charge is 2.39. The van der Waals surface area contributed by atoms with E-state index < -0.39 is 12.0 Å². The molecule has 5 rings (SSSR count). The largest absolute Gasteiger partial charge is 0.324 e. The molecule has 1 N–H and O–H groups in total. The third-order valence-corrected chi connectivity index (χ3v) is 6.69. The van der Waals surface area contributed by atoms with Crippen LogP contribution in [0.5, 0.6) is 0 Å². The zero-order valence-corrected chi connectivity index (χ0v) is 19.9. The fraction of sp³-hybridized carbons (Fsp3) is 0.160. The first kappa shape index (κ1) is 22.3. The van der Waals surface area contributed by atoms with Gasteiger partial charge < -0.3 is 5.32 Å². The van der Waals surface area contributed by atoms with Crippen LogP contribution in [0, 0.1) is 5.92 Å². The monoisotopic (exact) mass is 488 g/mol. The van der Waals surface area contributed by atoms with Gasteiger partial charge in [-0.2, -0.15) is 4.98 Å². The van der Waals surface area contributed by atoms with Crippen LogP contribution in [0.3, 0.4) is 0 Å². The van der Waals surface area contributed by atoms with Crippen LogP contribution in [0.2, 0.25) is 5.02 Å². The number of carbonyl (C=O) groups is 1. The summed E-state index contributed by atoms with van der Waals surface area (Å²) < 4.78 is 1.75. The number of rotatable bonds is 6. The number of nitrogens with one attached hydrogen (secondary N) is 1. The number of hydrogen-bond donors (Lipinski definition) is 1. The molecule has 170 valence electrons. The summed E-state index contributed by atoms with van der Waals surface area (Å²) in [6.07, 6.45) is 3.28. The molecule has 2 unspecified atom stereocenters. The smallest absolute Gasteiger partial charge is 0.249 e. The van der Waals surface area contributed by atoms with Crippen LogP contribution in [0.15, 0.2) is 89.3 Å². The van der Waals surface area contributed by atoms with E-state index in [1.54, 1.807) is 29.2 Å². The van der Waals surface area contributed by atoms with Crippen molar-refractivity contribution in [2.45, 2.75) is 23.9 Å². The molecule has 0 radical (unpaired) electrons. The first-order valence-corrected chi connectivity index (χ1v) is 12.1. The average Bonchev–Trinajstić information content (AvgIpc) is 3.26. The number of aliphatic imine (C=N–C) groups is 1. The quantitative estimate of drug-likeness (QED) is 0.359. The van der Waals surface area contributed by atoms with Crippen LogP contribution in [0.4, 0.5) is 11.6 Å². The molecule has 0 saturated carbocycles. The Kier molecular flexibility index (Phi) is 6.42. The Hall–Kier alpha value is -3.49. The second-order valence-electron chi connectivity index (χ2n) is 7.87. The molecule has 7 nitrogen and oxygen atoms in total. The molecule has 0 spiro atoms. The molecule has 1 aliphatic heterocycles. The Morgan fingerprint density at radius 3 is 2.62 bits per heavy atom. The van der Waals surface area contributed by atoms with Gasteiger partial charge in [0.05, 0.1) is 17.9 Å². The van der Waals surface area contributed by atoms with Gasteiger partial charge in [0.2, 0.25) is 17.0 Å². The number of aromatic nitrogens is 4. The number of thioether (sulfide) groups is 1. The zero-order valence-electron chi connectivity index (χ0n) is 18.3. The maximum atomic E-state index is 13.4. The van der Waals surface area contributed by atoms with Crippen molar-refractivity contribution in [3.05, 3.63) is 95.3 Å². The van der Waals surface area contributed by atoms with Crippen LogP contribution in [-0.2, 0) is 10.5 Å². The maximum Gasteiger partial charge on any atom is 0.249 e. The lowest BCUT2D eigenvalue weighted by molar-refractivity contribution is -0.118. The van der Waals surface area contributed by atoms with E-state index in [-0.39, 0.29) is 5.91 Å². The third kappa shape index (κ3) is 4.73. The first-order chi connectivity index (χ1) is 16.6. The van der Waals surface area contributed by atoms with Crippen LogP contribution < -0.4 is 5.32 Å². The van der Waals surface area contributed by atoms with E-state index in [2.05, 4.69) is 32.4 Å². The Labute approximate surface area is 206 Å². The highest BCUT2D eigenvalue weighted by molar-refractivity contribution is 7.98. The number of anilines is 1. The van der Waals surface area contributed by atoms with Crippen LogP contribution in [-0.4, -0.2) is 31.4 Å². The summed E-state index contributed by atoms with van der Waals surface area (Å²) in [5.74, 6) is 0.457. The summed E-state index contributed by atoms with van der Waals surface area (Å²) in [4.78, 5) is 26.8. The number of nitrogens with zero attached hydrogens (tertiary/aromatic N) is 5. The molecule has 0 saturated heterocycles. The molecule has 0 fully saturated rings. The Balaban J connectivity index is 1.49. The van der Waals surface area contributed by atoms with E-state index in [0.717, 1.165) is 11.3 Å². The van der Waals surface area contributed by atoms with E-state index in [1.165, 1.54) is 17.3 Å². The lowest BCUT2D eigenvalue weighted by atomic mass is 9.87. The maximum absolute atomic E-state index is 13.4. The summed E-state index contributed by atoms with van der Waals surface area (Å²) in [7, 11) is 0. The average molecular weight is 489 g/mol. The molecular formula is C25H21ClN6OS. The van der Waals surface area contributed by atoms with Gasteiger partial charge in [-0.25, -0.2) is 9.67 Å². The molecule has 2 aromatic heterocycles. The number of halogens is 1. The van der Waals surface area contributed by atoms with E-state index in [9.17, 15) is 4.79 Å². The minimum atomic E-state index is -0.581. The van der Waals surface area contributed by atoms with Gasteiger partial charge in [-0.15, -0.1) is 5.10 Å². The molecule has 1 aliphatic rings. The fourth-order valence-corrected chi connectivity index (χ4v) is 4.83. The normalized spacial score (nSPS) is 17.1. The van der Waals surface area contributed by atoms with Gasteiger partial charge in [0, 0.05) is 22.7 Å². The Morgan fingerprint density at radius 2 is 1.88 bits per heavy atom. The van der Waals surface area contributed by atoms with Gasteiger partial charge in [-0.3, -0.25) is 9.78 Å². The van der Waals surface area contributed by atoms with Crippen molar-refractivity contribution in [2.75, 3.05) is 5.32 Å². The summed E-state index contributed by atoms with van der Waals surface area (Å²) in [5.41, 5.74) is 3.37. The number of fused-ring (bicyclic) bond motifs is 1. The predicted octanol–water partition coefficient (Wildman–Crippen LogP) is 5.57. The minimum absolute atomic E-state index is 0.186. The van der Waals surface area contributed by atoms with Crippen molar-refractivity contribution in [3.63, 3.8) is 0 Å². The molecule has 0 aliphatic carbocycles. The van der Waals surface area contributed by atoms with E-state index in [1.807, 2.05) is 49.4 Å². The Bertz CT molecular complexity index is 1320. The fourth-order valence-electron chi connectivity index (χ4n) is 3.92. The third-order valence-electron chi connectivity index (χ3n) is 5.53. The molecule has 1 amide bonds. The van der Waals surface area contributed by atoms with Gasteiger partial charge in [0.15, 0.2) is 0 Å². The van der Waals surface area contributed by atoms with Crippen molar-refractivity contribution in [3.8, 4) is 0 Å². The molecule has 2 atom stereocenters. The summed E-state index contributed by atoms with van der Waals surface area (Å²) in [5, 5.41) is 8.96. The lowest BCUT2D eigenvalue weighted by Crippen LogP contribution is -2.39. The van der Waals surface area contributed by atoms with E-state index in [4.69, 9.17) is 16.7 Å². The van der Waals surface area contributed by atoms with Crippen LogP contribution >= 0.6 is 23.4 Å². The van der Waals surface area contributed by atoms with E-state index in [0.29, 0.717) is 27.5 Å². The molecular weight excluding hydrogens is 468 g/mol. The minimum Gasteiger partial charge on any atom is -0.324 e. The number of carbonyl (C=O) groups excluding carboxylic acids is 1. The lowest BCUT2D eigenvalue weighted by Gasteiger charge is -2.30. The summed E-state index contributed by atoms with van der Waals surface area (Å²) in [6, 6.07) is 20.8. The van der Waals surface area contributed by atoms with Gasteiger partial charge in [-0.1, -0.05) is 65.8 Å². The summed E-state index contributed by atoms with van der Waals surface area (Å²) >= 11 is 7.68. The number of amides is 1. The molecule has 9 heteroatoms. The summed E-state index contributed by atoms with van der Waals surface area (Å²) in [6.45, 7) is 1.85. The van der Waals surface area contributed by atoms with Gasteiger partial charge in [0.25, 0.3) is 0 Å². The number of pyridine rings is 1. The van der Waals surface area contributed by atoms with Gasteiger partial charge in [-0.05, 0) is 42.3 Å². The highest BCUT2D eigenvalue weighted by Crippen LogP contribution is 2.37. The second kappa shape index (κ2) is 9.79. The van der Waals surface area contributed by atoms with Crippen molar-refractivity contribution < 1.29 is 4.79 Å². The number of hydrogen-bond acceptors (Lipinski definition) is 6. The molecule has 34 heavy (non-hydrogen) atoms. The molecule has 3 heterocycles. The van der Waals surface area contributed by atoms with Crippen molar-refractivity contribution in [1.29, 1.82) is 0 Å². The van der Waals surface area contributed by atoms with Crippen molar-refractivity contribution in [2.24, 2.45) is 10.9 Å². The molecule has 0 bridgehead atoms. The van der Waals surface area contributed by atoms with Crippen LogP contribution in [0.25, 0.3) is 0 Å². The van der Waals surface area contributed by atoms with Crippen molar-refractivity contribution >= 4 is 46.6 Å². The van der Waals surface area contributed by atoms with Crippen molar-refractivity contribution in [1.82, 2.24) is 19.7 Å². The topological polar surface area (TPSA) is 85.1 Å². The SMILES string of the molecule is CC1=Nc2nc(SCc3ccccc3)nn2C(c2ccc(Cl)cc2)C1C(=O)Nc1cccnc1. The predicted molar refractivity (Wildman–Crippen MR) is 135 cm³/mol.